The average Bonchev–Trinajstić information content (AvgIpc) is 2.27. The first kappa shape index (κ1) is 11.6. The second-order valence-electron chi connectivity index (χ2n) is 4.16. The molecule has 1 aromatic rings. The summed E-state index contributed by atoms with van der Waals surface area (Å²) in [6.45, 7) is 9.02. The third kappa shape index (κ3) is 3.74. The molecule has 0 radical (unpaired) electrons. The van der Waals surface area contributed by atoms with Gasteiger partial charge >= 0.3 is 0 Å². The molecule has 0 unspecified atom stereocenters. The molecule has 0 fully saturated rings. The van der Waals surface area contributed by atoms with Gasteiger partial charge in [-0.15, -0.1) is 11.3 Å². The van der Waals surface area contributed by atoms with E-state index in [9.17, 15) is 5.11 Å². The molecule has 14 heavy (non-hydrogen) atoms. The molecule has 0 aliphatic rings. The van der Waals surface area contributed by atoms with E-state index in [1.54, 1.807) is 25.2 Å². The Balaban J connectivity index is 2.42. The molecule has 80 valence electrons. The maximum absolute atomic E-state index is 9.50. The average molecular weight is 214 g/mol. The van der Waals surface area contributed by atoms with E-state index in [1.807, 2.05) is 13.8 Å². The molecule has 0 saturated carbocycles. The summed E-state index contributed by atoms with van der Waals surface area (Å²) in [4.78, 5) is 5.60. The molecule has 1 heterocycles. The zero-order chi connectivity index (χ0) is 10.8. The van der Waals surface area contributed by atoms with E-state index in [4.69, 9.17) is 0 Å². The minimum absolute atomic E-state index is 0.601. The molecule has 1 rings (SSSR count). The number of hydrogen-bond acceptors (Lipinski definition) is 4. The van der Waals surface area contributed by atoms with E-state index in [1.165, 1.54) is 4.88 Å². The van der Waals surface area contributed by atoms with E-state index in [0.29, 0.717) is 6.54 Å². The Bertz CT molecular complexity index is 302. The molecule has 0 aliphatic heterocycles. The zero-order valence-electron chi connectivity index (χ0n) is 9.22. The highest BCUT2D eigenvalue weighted by atomic mass is 32.1. The van der Waals surface area contributed by atoms with Crippen LogP contribution in [-0.2, 0) is 6.54 Å². The number of aromatic nitrogens is 1. The second-order valence-corrected chi connectivity index (χ2v) is 5.45. The van der Waals surface area contributed by atoms with Gasteiger partial charge in [0.15, 0.2) is 0 Å². The summed E-state index contributed by atoms with van der Waals surface area (Å²) in [5, 5.41) is 13.8. The van der Waals surface area contributed by atoms with Crippen molar-refractivity contribution in [2.45, 2.75) is 39.8 Å². The van der Waals surface area contributed by atoms with Crippen LogP contribution < -0.4 is 5.32 Å². The van der Waals surface area contributed by atoms with Crippen molar-refractivity contribution in [1.82, 2.24) is 10.3 Å². The van der Waals surface area contributed by atoms with E-state index >= 15 is 0 Å². The first-order valence-electron chi connectivity index (χ1n) is 4.74. The molecule has 0 aromatic carbocycles. The van der Waals surface area contributed by atoms with Crippen molar-refractivity contribution in [3.8, 4) is 0 Å². The first-order chi connectivity index (χ1) is 6.38. The van der Waals surface area contributed by atoms with Gasteiger partial charge in [-0.1, -0.05) is 0 Å². The predicted molar refractivity (Wildman–Crippen MR) is 59.6 cm³/mol. The number of hydrogen-bond donors (Lipinski definition) is 2. The van der Waals surface area contributed by atoms with Crippen LogP contribution >= 0.6 is 11.3 Å². The summed E-state index contributed by atoms with van der Waals surface area (Å²) in [5.74, 6) is 0. The summed E-state index contributed by atoms with van der Waals surface area (Å²) in [7, 11) is 0. The fourth-order valence-corrected chi connectivity index (χ4v) is 2.13. The molecule has 0 aliphatic carbocycles. The van der Waals surface area contributed by atoms with Crippen LogP contribution in [0.1, 0.15) is 29.4 Å². The van der Waals surface area contributed by atoms with Crippen LogP contribution in [0.4, 0.5) is 0 Å². The number of thiazole rings is 1. The number of rotatable bonds is 4. The molecule has 0 amide bonds. The van der Waals surface area contributed by atoms with Crippen molar-refractivity contribution in [2.24, 2.45) is 0 Å². The second kappa shape index (κ2) is 4.38. The van der Waals surface area contributed by atoms with Crippen LogP contribution in [0.5, 0.6) is 0 Å². The summed E-state index contributed by atoms with van der Waals surface area (Å²) in [5.41, 5.74) is 0.448. The fourth-order valence-electron chi connectivity index (χ4n) is 1.22. The molecule has 0 saturated heterocycles. The third-order valence-corrected chi connectivity index (χ3v) is 2.92. The Kier molecular flexibility index (Phi) is 3.64. The maximum atomic E-state index is 9.50. The van der Waals surface area contributed by atoms with E-state index in [-0.39, 0.29) is 0 Å². The van der Waals surface area contributed by atoms with E-state index in [0.717, 1.165) is 17.2 Å². The highest BCUT2D eigenvalue weighted by Gasteiger charge is 2.12. The fraction of sp³-hybridized carbons (Fsp3) is 0.700. The number of aryl methyl sites for hydroxylation is 2. The Labute approximate surface area is 89.2 Å². The van der Waals surface area contributed by atoms with Crippen LogP contribution in [0.2, 0.25) is 0 Å². The largest absolute Gasteiger partial charge is 0.389 e. The topological polar surface area (TPSA) is 45.2 Å². The number of nitrogens with zero attached hydrogens (tertiary/aromatic N) is 1. The van der Waals surface area contributed by atoms with Crippen LogP contribution in [0.25, 0.3) is 0 Å². The minimum Gasteiger partial charge on any atom is -0.389 e. The van der Waals surface area contributed by atoms with Crippen LogP contribution in [0.15, 0.2) is 0 Å². The quantitative estimate of drug-likeness (QED) is 0.800. The highest BCUT2D eigenvalue weighted by molar-refractivity contribution is 7.11. The summed E-state index contributed by atoms with van der Waals surface area (Å²) >= 11 is 1.71. The SMILES string of the molecule is Cc1nc(C)c(CNCC(C)(C)O)s1. The van der Waals surface area contributed by atoms with Gasteiger partial charge in [-0.05, 0) is 27.7 Å². The van der Waals surface area contributed by atoms with Gasteiger partial charge in [-0.3, -0.25) is 0 Å². The van der Waals surface area contributed by atoms with Gasteiger partial charge in [0.2, 0.25) is 0 Å². The lowest BCUT2D eigenvalue weighted by Crippen LogP contribution is -2.34. The number of aliphatic hydroxyl groups is 1. The summed E-state index contributed by atoms with van der Waals surface area (Å²) in [6, 6.07) is 0. The van der Waals surface area contributed by atoms with Gasteiger partial charge in [0.1, 0.15) is 0 Å². The highest BCUT2D eigenvalue weighted by Crippen LogP contribution is 2.16. The first-order valence-corrected chi connectivity index (χ1v) is 5.56. The lowest BCUT2D eigenvalue weighted by molar-refractivity contribution is 0.0795. The molecule has 2 N–H and O–H groups in total. The summed E-state index contributed by atoms with van der Waals surface area (Å²) in [6.07, 6.45) is 0. The van der Waals surface area contributed by atoms with Crippen molar-refractivity contribution < 1.29 is 5.11 Å². The van der Waals surface area contributed by atoms with Crippen molar-refractivity contribution in [1.29, 1.82) is 0 Å². The Hall–Kier alpha value is -0.450. The van der Waals surface area contributed by atoms with Crippen molar-refractivity contribution in [3.05, 3.63) is 15.6 Å². The molecule has 0 bridgehead atoms. The van der Waals surface area contributed by atoms with Crippen molar-refractivity contribution in [2.75, 3.05) is 6.54 Å². The Morgan fingerprint density at radius 1 is 1.43 bits per heavy atom. The molecule has 4 heteroatoms. The molecular weight excluding hydrogens is 196 g/mol. The lowest BCUT2D eigenvalue weighted by atomic mass is 10.1. The molecule has 0 atom stereocenters. The van der Waals surface area contributed by atoms with Gasteiger partial charge in [-0.25, -0.2) is 4.98 Å². The van der Waals surface area contributed by atoms with Gasteiger partial charge < -0.3 is 10.4 Å². The molecular formula is C10H18N2OS. The lowest BCUT2D eigenvalue weighted by Gasteiger charge is -2.17. The van der Waals surface area contributed by atoms with Crippen LogP contribution in [-0.4, -0.2) is 22.2 Å². The van der Waals surface area contributed by atoms with E-state index in [2.05, 4.69) is 10.3 Å². The van der Waals surface area contributed by atoms with Crippen molar-refractivity contribution >= 4 is 11.3 Å². The summed E-state index contributed by atoms with van der Waals surface area (Å²) < 4.78 is 0. The van der Waals surface area contributed by atoms with Gasteiger partial charge in [0.25, 0.3) is 0 Å². The minimum atomic E-state index is -0.645. The normalized spacial score (nSPS) is 12.1. The van der Waals surface area contributed by atoms with Gasteiger partial charge in [-0.2, -0.15) is 0 Å². The molecule has 1 aromatic heterocycles. The van der Waals surface area contributed by atoms with Crippen LogP contribution in [0.3, 0.4) is 0 Å². The standard InChI is InChI=1S/C10H18N2OS/c1-7-9(14-8(2)12-7)5-11-6-10(3,4)13/h11,13H,5-6H2,1-4H3. The maximum Gasteiger partial charge on any atom is 0.0900 e. The Morgan fingerprint density at radius 3 is 2.50 bits per heavy atom. The smallest absolute Gasteiger partial charge is 0.0900 e. The van der Waals surface area contributed by atoms with Crippen LogP contribution in [0, 0.1) is 13.8 Å². The van der Waals surface area contributed by atoms with Crippen molar-refractivity contribution in [3.63, 3.8) is 0 Å². The zero-order valence-corrected chi connectivity index (χ0v) is 10.0. The molecule has 0 spiro atoms. The van der Waals surface area contributed by atoms with E-state index < -0.39 is 5.60 Å². The Morgan fingerprint density at radius 2 is 2.07 bits per heavy atom. The monoisotopic (exact) mass is 214 g/mol. The number of nitrogens with one attached hydrogen (secondary N) is 1. The third-order valence-electron chi connectivity index (χ3n) is 1.84. The molecule has 3 nitrogen and oxygen atoms in total. The van der Waals surface area contributed by atoms with Gasteiger partial charge in [0.05, 0.1) is 16.3 Å². The van der Waals surface area contributed by atoms with Gasteiger partial charge in [0, 0.05) is 18.0 Å². The predicted octanol–water partition coefficient (Wildman–Crippen LogP) is 1.62.